The molecule has 0 amide bonds. The highest BCUT2D eigenvalue weighted by atomic mass is 19.4. The van der Waals surface area contributed by atoms with Crippen LogP contribution in [0, 0.1) is 6.92 Å². The van der Waals surface area contributed by atoms with Crippen LogP contribution in [0.5, 0.6) is 11.5 Å². The predicted molar refractivity (Wildman–Crippen MR) is 120 cm³/mol. The van der Waals surface area contributed by atoms with Crippen molar-refractivity contribution >= 4 is 22.5 Å². The third-order valence-electron chi connectivity index (χ3n) is 4.63. The van der Waals surface area contributed by atoms with Gasteiger partial charge in [-0.2, -0.15) is 13.2 Å². The summed E-state index contributed by atoms with van der Waals surface area (Å²) in [7, 11) is 3.13. The predicted octanol–water partition coefficient (Wildman–Crippen LogP) is 3.60. The fourth-order valence-corrected chi connectivity index (χ4v) is 3.12. The topological polar surface area (TPSA) is 114 Å². The van der Waals surface area contributed by atoms with Crippen LogP contribution in [0.4, 0.5) is 24.8 Å². The first-order chi connectivity index (χ1) is 16.2. The number of ether oxygens (including phenoxy) is 4. The Morgan fingerprint density at radius 1 is 0.882 bits per heavy atom. The van der Waals surface area contributed by atoms with Gasteiger partial charge in [0, 0.05) is 25.7 Å². The lowest BCUT2D eigenvalue weighted by Crippen LogP contribution is -2.12. The number of methoxy groups -OCH3 is 2. The number of fused-ring (bicyclic) bond motifs is 1. The molecule has 0 aliphatic heterocycles. The fraction of sp³-hybridized carbons (Fsp3) is 0.409. The smallest absolute Gasteiger partial charge is 0.416 e. The van der Waals surface area contributed by atoms with Gasteiger partial charge in [0.15, 0.2) is 11.5 Å². The molecule has 34 heavy (non-hydrogen) atoms. The van der Waals surface area contributed by atoms with Crippen molar-refractivity contribution in [3.8, 4) is 11.5 Å². The summed E-state index contributed by atoms with van der Waals surface area (Å²) in [5.41, 5.74) is 5.39. The molecule has 2 aromatic heterocycles. The van der Waals surface area contributed by atoms with Gasteiger partial charge in [-0.3, -0.25) is 0 Å². The number of nitrogens with two attached hydrogens (primary N) is 1. The van der Waals surface area contributed by atoms with Crippen molar-refractivity contribution in [1.29, 1.82) is 0 Å². The molecule has 0 aliphatic rings. The van der Waals surface area contributed by atoms with Gasteiger partial charge in [-0.25, -0.2) is 15.0 Å². The second kappa shape index (κ2) is 11.2. The Morgan fingerprint density at radius 3 is 2.15 bits per heavy atom. The molecule has 1 aromatic carbocycles. The molecule has 0 fully saturated rings. The summed E-state index contributed by atoms with van der Waals surface area (Å²) in [5, 5.41) is 3.63. The highest BCUT2D eigenvalue weighted by Gasteiger charge is 2.31. The number of pyridine rings is 1. The molecule has 3 aromatic rings. The molecule has 0 spiro atoms. The number of halogens is 3. The Hall–Kier alpha value is -3.38. The van der Waals surface area contributed by atoms with Gasteiger partial charge in [-0.15, -0.1) is 0 Å². The van der Waals surface area contributed by atoms with E-state index in [1.54, 1.807) is 33.3 Å². The van der Waals surface area contributed by atoms with Crippen molar-refractivity contribution in [2.45, 2.75) is 19.6 Å². The van der Waals surface area contributed by atoms with Crippen LogP contribution >= 0.6 is 0 Å². The first kappa shape index (κ1) is 25.2. The first-order valence-corrected chi connectivity index (χ1v) is 10.3. The number of benzene rings is 1. The summed E-state index contributed by atoms with van der Waals surface area (Å²) in [6.45, 7) is 3.02. The average Bonchev–Trinajstić information content (AvgIpc) is 2.77. The number of hydrogen-bond donors (Lipinski definition) is 2. The fourth-order valence-electron chi connectivity index (χ4n) is 3.12. The lowest BCUT2D eigenvalue weighted by Gasteiger charge is -2.16. The van der Waals surface area contributed by atoms with Crippen molar-refractivity contribution < 1.29 is 32.1 Å². The van der Waals surface area contributed by atoms with Crippen LogP contribution in [-0.4, -0.2) is 55.6 Å². The second-order valence-corrected chi connectivity index (χ2v) is 7.24. The van der Waals surface area contributed by atoms with Crippen LogP contribution in [0.15, 0.2) is 24.3 Å². The number of alkyl halides is 3. The third kappa shape index (κ3) is 6.58. The molecule has 3 N–H and O–H groups in total. The normalized spacial score (nSPS) is 11.6. The Balaban J connectivity index is 1.94. The van der Waals surface area contributed by atoms with E-state index in [0.717, 1.165) is 12.1 Å². The number of anilines is 2. The van der Waals surface area contributed by atoms with E-state index in [9.17, 15) is 13.2 Å². The first-order valence-electron chi connectivity index (χ1n) is 10.3. The quantitative estimate of drug-likeness (QED) is 0.397. The maximum absolute atomic E-state index is 13.1. The van der Waals surface area contributed by atoms with Crippen molar-refractivity contribution in [3.05, 3.63) is 41.3 Å². The van der Waals surface area contributed by atoms with E-state index in [2.05, 4.69) is 20.3 Å². The maximum atomic E-state index is 13.1. The Labute approximate surface area is 194 Å². The number of hydrogen-bond acceptors (Lipinski definition) is 9. The van der Waals surface area contributed by atoms with Gasteiger partial charge in [0.05, 0.1) is 36.5 Å². The molecular weight excluding hydrogens is 455 g/mol. The zero-order chi connectivity index (χ0) is 24.7. The highest BCUT2D eigenvalue weighted by molar-refractivity contribution is 5.91. The van der Waals surface area contributed by atoms with Gasteiger partial charge in [0.1, 0.15) is 30.7 Å². The van der Waals surface area contributed by atoms with Gasteiger partial charge in [0.25, 0.3) is 0 Å². The molecule has 3 rings (SSSR count). The Morgan fingerprint density at radius 2 is 1.53 bits per heavy atom. The average molecular weight is 481 g/mol. The lowest BCUT2D eigenvalue weighted by atomic mass is 10.2. The van der Waals surface area contributed by atoms with Crippen LogP contribution in [-0.2, 0) is 22.2 Å². The minimum atomic E-state index is -4.53. The van der Waals surface area contributed by atoms with Crippen LogP contribution < -0.4 is 20.5 Å². The van der Waals surface area contributed by atoms with E-state index >= 15 is 0 Å². The zero-order valence-electron chi connectivity index (χ0n) is 19.0. The van der Waals surface area contributed by atoms with E-state index in [-0.39, 0.29) is 24.7 Å². The Kier molecular flexibility index (Phi) is 8.29. The molecule has 0 saturated carbocycles. The van der Waals surface area contributed by atoms with Crippen LogP contribution in [0.2, 0.25) is 0 Å². The van der Waals surface area contributed by atoms with Crippen molar-refractivity contribution in [3.63, 3.8) is 0 Å². The van der Waals surface area contributed by atoms with E-state index in [1.807, 2.05) is 0 Å². The van der Waals surface area contributed by atoms with Gasteiger partial charge in [-0.05, 0) is 25.1 Å². The highest BCUT2D eigenvalue weighted by Crippen LogP contribution is 2.35. The van der Waals surface area contributed by atoms with Crippen molar-refractivity contribution in [2.75, 3.05) is 51.7 Å². The number of nitrogens with zero attached hydrogens (tertiary/aromatic N) is 3. The molecule has 9 nitrogen and oxygen atoms in total. The molecule has 2 heterocycles. The second-order valence-electron chi connectivity index (χ2n) is 7.24. The molecule has 12 heteroatoms. The third-order valence-corrected chi connectivity index (χ3v) is 4.63. The molecule has 0 saturated heterocycles. The summed E-state index contributed by atoms with van der Waals surface area (Å²) in [5.74, 6) is 1.55. The SMILES string of the molecule is COCCOc1cc2nc(C)nc(NCc3cc(C(F)(F)F)cc(N)n3)c2cc1OCCOC. The summed E-state index contributed by atoms with van der Waals surface area (Å²) in [6.07, 6.45) is -4.53. The zero-order valence-corrected chi connectivity index (χ0v) is 19.0. The summed E-state index contributed by atoms with van der Waals surface area (Å²) in [4.78, 5) is 12.8. The van der Waals surface area contributed by atoms with E-state index in [4.69, 9.17) is 24.7 Å². The number of nitrogen functional groups attached to an aromatic ring is 1. The molecule has 0 bridgehead atoms. The van der Waals surface area contributed by atoms with Crippen LogP contribution in [0.3, 0.4) is 0 Å². The number of aryl methyl sites for hydroxylation is 1. The van der Waals surface area contributed by atoms with E-state index in [1.165, 1.54) is 0 Å². The number of rotatable bonds is 11. The number of nitrogens with one attached hydrogen (secondary N) is 1. The molecule has 0 unspecified atom stereocenters. The van der Waals surface area contributed by atoms with E-state index in [0.29, 0.717) is 53.9 Å². The molecule has 184 valence electrons. The van der Waals surface area contributed by atoms with E-state index < -0.39 is 11.7 Å². The van der Waals surface area contributed by atoms with Gasteiger partial charge >= 0.3 is 6.18 Å². The van der Waals surface area contributed by atoms with Crippen molar-refractivity contribution in [1.82, 2.24) is 15.0 Å². The van der Waals surface area contributed by atoms with Gasteiger partial charge < -0.3 is 30.0 Å². The summed E-state index contributed by atoms with van der Waals surface area (Å²) in [6, 6.07) is 5.17. The molecule has 0 atom stereocenters. The number of aromatic nitrogens is 3. The lowest BCUT2D eigenvalue weighted by molar-refractivity contribution is -0.137. The van der Waals surface area contributed by atoms with Crippen molar-refractivity contribution in [2.24, 2.45) is 0 Å². The summed E-state index contributed by atoms with van der Waals surface area (Å²) < 4.78 is 61.0. The minimum Gasteiger partial charge on any atom is -0.487 e. The molecule has 0 radical (unpaired) electrons. The van der Waals surface area contributed by atoms with Crippen LogP contribution in [0.1, 0.15) is 17.1 Å². The minimum absolute atomic E-state index is 0.0361. The Bertz CT molecular complexity index is 1130. The van der Waals surface area contributed by atoms with Gasteiger partial charge in [0.2, 0.25) is 0 Å². The van der Waals surface area contributed by atoms with Gasteiger partial charge in [-0.1, -0.05) is 0 Å². The maximum Gasteiger partial charge on any atom is 0.416 e. The molecule has 0 aliphatic carbocycles. The molecular formula is C22H26F3N5O4. The largest absolute Gasteiger partial charge is 0.487 e. The summed E-state index contributed by atoms with van der Waals surface area (Å²) >= 11 is 0. The van der Waals surface area contributed by atoms with Crippen LogP contribution in [0.25, 0.3) is 10.9 Å². The monoisotopic (exact) mass is 481 g/mol. The standard InChI is InChI=1S/C22H26F3N5O4/c1-13-28-17-11-19(34-7-5-32-3)18(33-6-4-31-2)10-16(17)21(29-13)27-12-15-8-14(22(23,24)25)9-20(26)30-15/h8-11H,4-7,12H2,1-3H3,(H2,26,30)(H,27,28,29).